The molecule has 0 spiro atoms. The molecule has 4 saturated carbocycles. The molecule has 114 valence electrons. The molecule has 1 nitrogen and oxygen atoms in total. The highest BCUT2D eigenvalue weighted by molar-refractivity contribution is 6.42. The first kappa shape index (κ1) is 14.4. The second-order valence-electron chi connectivity index (χ2n) is 7.59. The van der Waals surface area contributed by atoms with Gasteiger partial charge in [0.05, 0.1) is 10.0 Å². The fourth-order valence-electron chi connectivity index (χ4n) is 5.76. The first-order valence-corrected chi connectivity index (χ1v) is 9.06. The van der Waals surface area contributed by atoms with Crippen LogP contribution in [0.4, 0.5) is 0 Å². The Bertz CT molecular complexity index is 514. The minimum Gasteiger partial charge on any atom is -0.327 e. The summed E-state index contributed by atoms with van der Waals surface area (Å²) in [7, 11) is 0. The summed E-state index contributed by atoms with van der Waals surface area (Å²) >= 11 is 12.5. The molecule has 1 unspecified atom stereocenters. The quantitative estimate of drug-likeness (QED) is 0.838. The molecule has 1 aromatic rings. The Kier molecular flexibility index (Phi) is 3.72. The van der Waals surface area contributed by atoms with Gasteiger partial charge >= 0.3 is 0 Å². The van der Waals surface area contributed by atoms with Crippen molar-refractivity contribution in [1.29, 1.82) is 0 Å². The Balaban J connectivity index is 1.52. The standard InChI is InChI=1S/C18H23Cl2N/c19-15-3-1-2-12(18(15)20)9-16(21)17-13-5-10-4-11(7-13)8-14(17)6-10/h1-3,10-11,13-14,16-17H,4-9,21H2. The lowest BCUT2D eigenvalue weighted by molar-refractivity contribution is -0.0464. The van der Waals surface area contributed by atoms with Gasteiger partial charge in [-0.25, -0.2) is 0 Å². The molecule has 0 amide bonds. The largest absolute Gasteiger partial charge is 0.327 e. The van der Waals surface area contributed by atoms with Crippen molar-refractivity contribution < 1.29 is 0 Å². The van der Waals surface area contributed by atoms with Crippen molar-refractivity contribution in [2.24, 2.45) is 35.3 Å². The molecule has 4 aliphatic rings. The summed E-state index contributed by atoms with van der Waals surface area (Å²) in [6.07, 6.45) is 8.06. The molecule has 4 bridgehead atoms. The Hall–Kier alpha value is -0.240. The second-order valence-corrected chi connectivity index (χ2v) is 8.37. The van der Waals surface area contributed by atoms with E-state index in [2.05, 4.69) is 6.07 Å². The molecule has 0 aliphatic heterocycles. The zero-order valence-electron chi connectivity index (χ0n) is 12.3. The maximum Gasteiger partial charge on any atom is 0.0624 e. The van der Waals surface area contributed by atoms with Crippen LogP contribution in [0.25, 0.3) is 0 Å². The summed E-state index contributed by atoms with van der Waals surface area (Å²) in [6, 6.07) is 6.13. The third kappa shape index (κ3) is 2.52. The average Bonchev–Trinajstić information content (AvgIpc) is 2.42. The first-order chi connectivity index (χ1) is 10.1. The van der Waals surface area contributed by atoms with Crippen LogP contribution in [-0.2, 0) is 6.42 Å². The predicted octanol–water partition coefficient (Wildman–Crippen LogP) is 4.94. The molecule has 1 aromatic carbocycles. The molecule has 21 heavy (non-hydrogen) atoms. The number of halogens is 2. The van der Waals surface area contributed by atoms with Gasteiger partial charge in [0.1, 0.15) is 0 Å². The Morgan fingerprint density at radius 1 is 1.00 bits per heavy atom. The summed E-state index contributed by atoms with van der Waals surface area (Å²) in [5, 5.41) is 1.34. The summed E-state index contributed by atoms with van der Waals surface area (Å²) in [4.78, 5) is 0. The number of nitrogens with two attached hydrogens (primary N) is 1. The van der Waals surface area contributed by atoms with Crippen LogP contribution in [0, 0.1) is 29.6 Å². The molecule has 4 aliphatic carbocycles. The summed E-state index contributed by atoms with van der Waals surface area (Å²) in [5.41, 5.74) is 7.76. The van der Waals surface area contributed by atoms with Crippen molar-refractivity contribution in [1.82, 2.24) is 0 Å². The fraction of sp³-hybridized carbons (Fsp3) is 0.667. The SMILES string of the molecule is NC(Cc1cccc(Cl)c1Cl)C1C2CC3CC(C2)CC1C3. The first-order valence-electron chi connectivity index (χ1n) is 8.30. The average molecular weight is 324 g/mol. The molecule has 2 N–H and O–H groups in total. The van der Waals surface area contributed by atoms with Crippen LogP contribution in [0.2, 0.25) is 10.0 Å². The Labute approximate surface area is 137 Å². The van der Waals surface area contributed by atoms with Crippen LogP contribution < -0.4 is 5.73 Å². The van der Waals surface area contributed by atoms with Gasteiger partial charge < -0.3 is 5.73 Å². The summed E-state index contributed by atoms with van der Waals surface area (Å²) in [6.45, 7) is 0. The highest BCUT2D eigenvalue weighted by Gasteiger charge is 2.49. The second kappa shape index (κ2) is 5.44. The van der Waals surface area contributed by atoms with Crippen LogP contribution >= 0.6 is 23.2 Å². The van der Waals surface area contributed by atoms with Gasteiger partial charge in [0.25, 0.3) is 0 Å². The number of hydrogen-bond acceptors (Lipinski definition) is 1. The van der Waals surface area contributed by atoms with E-state index in [1.54, 1.807) is 0 Å². The van der Waals surface area contributed by atoms with E-state index in [4.69, 9.17) is 28.9 Å². The molecular weight excluding hydrogens is 301 g/mol. The number of rotatable bonds is 3. The van der Waals surface area contributed by atoms with Gasteiger partial charge in [0, 0.05) is 6.04 Å². The van der Waals surface area contributed by atoms with Gasteiger partial charge in [-0.15, -0.1) is 0 Å². The number of hydrogen-bond donors (Lipinski definition) is 1. The zero-order valence-corrected chi connectivity index (χ0v) is 13.8. The van der Waals surface area contributed by atoms with Gasteiger partial charge in [-0.1, -0.05) is 35.3 Å². The summed E-state index contributed by atoms with van der Waals surface area (Å²) < 4.78 is 0. The van der Waals surface area contributed by atoms with Crippen LogP contribution in [0.5, 0.6) is 0 Å². The fourth-order valence-corrected chi connectivity index (χ4v) is 6.16. The van der Waals surface area contributed by atoms with Gasteiger partial charge in [0.15, 0.2) is 0 Å². The summed E-state index contributed by atoms with van der Waals surface area (Å²) in [5.74, 6) is 4.45. The Morgan fingerprint density at radius 3 is 2.24 bits per heavy atom. The van der Waals surface area contributed by atoms with Crippen LogP contribution in [0.1, 0.15) is 37.7 Å². The van der Waals surface area contributed by atoms with Crippen molar-refractivity contribution in [3.63, 3.8) is 0 Å². The van der Waals surface area contributed by atoms with Crippen molar-refractivity contribution >= 4 is 23.2 Å². The van der Waals surface area contributed by atoms with E-state index >= 15 is 0 Å². The lowest BCUT2D eigenvalue weighted by Gasteiger charge is -2.56. The van der Waals surface area contributed by atoms with Gasteiger partial charge in [-0.2, -0.15) is 0 Å². The van der Waals surface area contributed by atoms with E-state index < -0.39 is 0 Å². The van der Waals surface area contributed by atoms with Crippen LogP contribution in [0.15, 0.2) is 18.2 Å². The number of benzene rings is 1. The highest BCUT2D eigenvalue weighted by Crippen LogP contribution is 2.57. The molecule has 0 heterocycles. The molecule has 0 aromatic heterocycles. The third-order valence-corrected chi connectivity index (χ3v) is 7.14. The van der Waals surface area contributed by atoms with Crippen LogP contribution in [0.3, 0.4) is 0 Å². The minimum absolute atomic E-state index is 0.232. The van der Waals surface area contributed by atoms with Gasteiger partial charge in [-0.3, -0.25) is 0 Å². The molecule has 0 saturated heterocycles. The maximum atomic E-state index is 6.65. The van der Waals surface area contributed by atoms with Crippen molar-refractivity contribution in [2.75, 3.05) is 0 Å². The molecule has 3 heteroatoms. The topological polar surface area (TPSA) is 26.0 Å². The Morgan fingerprint density at radius 2 is 1.62 bits per heavy atom. The van der Waals surface area contributed by atoms with E-state index in [1.807, 2.05) is 12.1 Å². The lowest BCUT2D eigenvalue weighted by Crippen LogP contribution is -2.52. The molecule has 1 atom stereocenters. The molecule has 0 radical (unpaired) electrons. The zero-order chi connectivity index (χ0) is 14.6. The normalized spacial score (nSPS) is 38.7. The smallest absolute Gasteiger partial charge is 0.0624 e. The molecule has 4 fully saturated rings. The third-order valence-electron chi connectivity index (χ3n) is 6.28. The van der Waals surface area contributed by atoms with E-state index in [1.165, 1.54) is 32.1 Å². The monoisotopic (exact) mass is 323 g/mol. The minimum atomic E-state index is 0.232. The van der Waals surface area contributed by atoms with Crippen molar-refractivity contribution in [3.8, 4) is 0 Å². The van der Waals surface area contributed by atoms with E-state index in [0.29, 0.717) is 16.0 Å². The predicted molar refractivity (Wildman–Crippen MR) is 88.7 cm³/mol. The van der Waals surface area contributed by atoms with Crippen LogP contribution in [-0.4, -0.2) is 6.04 Å². The van der Waals surface area contributed by atoms with Crippen molar-refractivity contribution in [3.05, 3.63) is 33.8 Å². The molecule has 5 rings (SSSR count). The maximum absolute atomic E-state index is 6.65. The van der Waals surface area contributed by atoms with Gasteiger partial charge in [0.2, 0.25) is 0 Å². The van der Waals surface area contributed by atoms with E-state index in [0.717, 1.165) is 35.7 Å². The van der Waals surface area contributed by atoms with Crippen molar-refractivity contribution in [2.45, 2.75) is 44.6 Å². The van der Waals surface area contributed by atoms with E-state index in [-0.39, 0.29) is 6.04 Å². The van der Waals surface area contributed by atoms with E-state index in [9.17, 15) is 0 Å². The van der Waals surface area contributed by atoms with Gasteiger partial charge in [-0.05, 0) is 79.7 Å². The highest BCUT2D eigenvalue weighted by atomic mass is 35.5. The lowest BCUT2D eigenvalue weighted by atomic mass is 9.50. The molecular formula is C18H23Cl2N.